The number of benzene rings is 2. The molecule has 4 rings (SSSR count). The van der Waals surface area contributed by atoms with E-state index in [1.54, 1.807) is 12.1 Å². The van der Waals surface area contributed by atoms with Crippen molar-refractivity contribution in [2.24, 2.45) is 0 Å². The first kappa shape index (κ1) is 20.0. The second-order valence-electron chi connectivity index (χ2n) is 7.31. The van der Waals surface area contributed by atoms with Crippen LogP contribution in [0.1, 0.15) is 18.4 Å². The first-order valence-corrected chi connectivity index (χ1v) is 9.72. The number of nitrogens with one attached hydrogen (secondary N) is 2. The number of H-pyrrole nitrogens is 1. The van der Waals surface area contributed by atoms with E-state index in [0.717, 1.165) is 12.5 Å². The molecule has 1 aromatic heterocycles. The van der Waals surface area contributed by atoms with Gasteiger partial charge in [-0.1, -0.05) is 0 Å². The van der Waals surface area contributed by atoms with Crippen molar-refractivity contribution in [1.29, 1.82) is 0 Å². The van der Waals surface area contributed by atoms with Crippen LogP contribution in [0.5, 0.6) is 0 Å². The fourth-order valence-electron chi connectivity index (χ4n) is 3.82. The maximum Gasteiger partial charge on any atom is 0.239 e. The lowest BCUT2D eigenvalue weighted by Gasteiger charge is -2.15. The molecule has 0 bridgehead atoms. The number of amides is 2. The zero-order valence-electron chi connectivity index (χ0n) is 16.1. The lowest BCUT2D eigenvalue weighted by atomic mass is 10.0. The summed E-state index contributed by atoms with van der Waals surface area (Å²) in [6.07, 6.45) is 1.51. The van der Waals surface area contributed by atoms with Gasteiger partial charge in [0.25, 0.3) is 0 Å². The molecular formula is C22H20F3N3O2. The van der Waals surface area contributed by atoms with Crippen molar-refractivity contribution in [3.63, 3.8) is 0 Å². The Kier molecular flexibility index (Phi) is 5.48. The second kappa shape index (κ2) is 8.22. The third kappa shape index (κ3) is 4.03. The molecule has 1 fully saturated rings. The highest BCUT2D eigenvalue weighted by Crippen LogP contribution is 2.32. The molecule has 3 aromatic rings. The molecule has 0 atom stereocenters. The maximum absolute atomic E-state index is 14.3. The van der Waals surface area contributed by atoms with Crippen molar-refractivity contribution in [3.8, 4) is 11.3 Å². The highest BCUT2D eigenvalue weighted by Gasteiger charge is 2.22. The van der Waals surface area contributed by atoms with Crippen LogP contribution in [0.4, 0.5) is 13.2 Å². The van der Waals surface area contributed by atoms with Crippen LogP contribution >= 0.6 is 0 Å². The summed E-state index contributed by atoms with van der Waals surface area (Å²) in [6, 6.07) is 7.71. The zero-order valence-corrected chi connectivity index (χ0v) is 16.1. The summed E-state index contributed by atoms with van der Waals surface area (Å²) < 4.78 is 41.5. The summed E-state index contributed by atoms with van der Waals surface area (Å²) in [5, 5.41) is 3.13. The number of fused-ring (bicyclic) bond motifs is 1. The molecule has 2 N–H and O–H groups in total. The first-order chi connectivity index (χ1) is 14.4. The number of aromatic nitrogens is 1. The molecule has 156 valence electrons. The Labute approximate surface area is 170 Å². The van der Waals surface area contributed by atoms with Crippen LogP contribution in [-0.4, -0.2) is 41.3 Å². The fourth-order valence-corrected chi connectivity index (χ4v) is 3.82. The number of carbonyl (C=O) groups is 2. The molecule has 1 saturated heterocycles. The van der Waals surface area contributed by atoms with Gasteiger partial charge in [-0.3, -0.25) is 9.59 Å². The van der Waals surface area contributed by atoms with Crippen molar-refractivity contribution in [2.75, 3.05) is 19.6 Å². The Balaban J connectivity index is 1.57. The summed E-state index contributed by atoms with van der Waals surface area (Å²) in [6.45, 7) is 0.795. The summed E-state index contributed by atoms with van der Waals surface area (Å²) in [5.74, 6) is -2.16. The smallest absolute Gasteiger partial charge is 0.239 e. The Morgan fingerprint density at radius 2 is 1.87 bits per heavy atom. The highest BCUT2D eigenvalue weighted by molar-refractivity contribution is 5.91. The van der Waals surface area contributed by atoms with E-state index in [4.69, 9.17) is 0 Å². The van der Waals surface area contributed by atoms with Gasteiger partial charge in [-0.2, -0.15) is 0 Å². The van der Waals surface area contributed by atoms with Crippen LogP contribution < -0.4 is 5.32 Å². The van der Waals surface area contributed by atoms with E-state index in [0.29, 0.717) is 41.6 Å². The lowest BCUT2D eigenvalue weighted by molar-refractivity contribution is -0.133. The molecule has 0 spiro atoms. The largest absolute Gasteiger partial charge is 0.354 e. The van der Waals surface area contributed by atoms with Gasteiger partial charge in [0.05, 0.1) is 12.1 Å². The van der Waals surface area contributed by atoms with Gasteiger partial charge in [0.2, 0.25) is 11.8 Å². The average molecular weight is 415 g/mol. The zero-order chi connectivity index (χ0) is 21.3. The minimum absolute atomic E-state index is 0.000787. The van der Waals surface area contributed by atoms with Gasteiger partial charge in [0, 0.05) is 36.7 Å². The van der Waals surface area contributed by atoms with Gasteiger partial charge < -0.3 is 15.2 Å². The van der Waals surface area contributed by atoms with Crippen LogP contribution in [0.25, 0.3) is 22.2 Å². The Bertz CT molecular complexity index is 1110. The summed E-state index contributed by atoms with van der Waals surface area (Å²) in [7, 11) is 0. The molecule has 2 heterocycles. The number of hydrogen-bond acceptors (Lipinski definition) is 2. The van der Waals surface area contributed by atoms with E-state index in [2.05, 4.69) is 10.3 Å². The van der Waals surface area contributed by atoms with Gasteiger partial charge in [0.1, 0.15) is 17.5 Å². The molecule has 0 saturated carbocycles. The first-order valence-electron chi connectivity index (χ1n) is 9.72. The minimum atomic E-state index is -0.726. The minimum Gasteiger partial charge on any atom is -0.354 e. The number of hydrogen-bond donors (Lipinski definition) is 2. The standard InChI is InChI=1S/C22H20F3N3O2/c23-14-5-3-13(4-6-14)21-16(17-10-15(24)11-18(25)22(17)27-21)7-8-26-19(29)12-28-9-1-2-20(28)30/h3-6,10-11,27H,1-2,7-9,12H2,(H,26,29). The average Bonchev–Trinajstić information content (AvgIpc) is 3.26. The van der Waals surface area contributed by atoms with Gasteiger partial charge in [-0.15, -0.1) is 0 Å². The summed E-state index contributed by atoms with van der Waals surface area (Å²) in [4.78, 5) is 28.3. The third-order valence-corrected chi connectivity index (χ3v) is 5.27. The SMILES string of the molecule is O=C(CN1CCCC1=O)NCCc1c(-c2ccc(F)cc2)[nH]c2c(F)cc(F)cc12. The van der Waals surface area contributed by atoms with Crippen molar-refractivity contribution < 1.29 is 22.8 Å². The maximum atomic E-state index is 14.3. The Morgan fingerprint density at radius 3 is 2.57 bits per heavy atom. The molecular weight excluding hydrogens is 395 g/mol. The molecule has 0 unspecified atom stereocenters. The van der Waals surface area contributed by atoms with Crippen molar-refractivity contribution in [1.82, 2.24) is 15.2 Å². The second-order valence-corrected chi connectivity index (χ2v) is 7.31. The number of halogens is 3. The van der Waals surface area contributed by atoms with E-state index in [1.165, 1.54) is 23.1 Å². The summed E-state index contributed by atoms with van der Waals surface area (Å²) >= 11 is 0. The van der Waals surface area contributed by atoms with Crippen LogP contribution in [-0.2, 0) is 16.0 Å². The van der Waals surface area contributed by atoms with Crippen LogP contribution in [0.2, 0.25) is 0 Å². The van der Waals surface area contributed by atoms with Crippen LogP contribution in [0, 0.1) is 17.5 Å². The number of likely N-dealkylation sites (tertiary alicyclic amines) is 1. The van der Waals surface area contributed by atoms with E-state index in [1.807, 2.05) is 0 Å². The van der Waals surface area contributed by atoms with E-state index >= 15 is 0 Å². The van der Waals surface area contributed by atoms with Gasteiger partial charge in [0.15, 0.2) is 0 Å². The van der Waals surface area contributed by atoms with Crippen molar-refractivity contribution >= 4 is 22.7 Å². The number of rotatable bonds is 6. The van der Waals surface area contributed by atoms with Crippen molar-refractivity contribution in [2.45, 2.75) is 19.3 Å². The molecule has 5 nitrogen and oxygen atoms in total. The topological polar surface area (TPSA) is 65.2 Å². The predicted molar refractivity (Wildman–Crippen MR) is 106 cm³/mol. The van der Waals surface area contributed by atoms with E-state index in [-0.39, 0.29) is 30.4 Å². The Hall–Kier alpha value is -3.29. The van der Waals surface area contributed by atoms with Gasteiger partial charge in [-0.25, -0.2) is 13.2 Å². The monoisotopic (exact) mass is 415 g/mol. The molecule has 1 aliphatic heterocycles. The molecule has 8 heteroatoms. The molecule has 1 aliphatic rings. The highest BCUT2D eigenvalue weighted by atomic mass is 19.1. The van der Waals surface area contributed by atoms with Crippen LogP contribution in [0.15, 0.2) is 36.4 Å². The van der Waals surface area contributed by atoms with Gasteiger partial charge >= 0.3 is 0 Å². The number of carbonyl (C=O) groups excluding carboxylic acids is 2. The Morgan fingerprint density at radius 1 is 1.10 bits per heavy atom. The normalized spacial score (nSPS) is 14.0. The predicted octanol–water partition coefficient (Wildman–Crippen LogP) is 3.53. The van der Waals surface area contributed by atoms with Crippen molar-refractivity contribution in [3.05, 3.63) is 59.4 Å². The fraction of sp³-hybridized carbons (Fsp3) is 0.273. The van der Waals surface area contributed by atoms with Crippen LogP contribution in [0.3, 0.4) is 0 Å². The van der Waals surface area contributed by atoms with E-state index < -0.39 is 17.5 Å². The lowest BCUT2D eigenvalue weighted by Crippen LogP contribution is -2.38. The molecule has 2 amide bonds. The molecule has 0 radical (unpaired) electrons. The number of aromatic amines is 1. The number of nitrogens with zero attached hydrogens (tertiary/aromatic N) is 1. The quantitative estimate of drug-likeness (QED) is 0.647. The summed E-state index contributed by atoms with van der Waals surface area (Å²) in [5.41, 5.74) is 1.93. The van der Waals surface area contributed by atoms with Gasteiger partial charge in [-0.05, 0) is 54.3 Å². The third-order valence-electron chi connectivity index (χ3n) is 5.27. The molecule has 30 heavy (non-hydrogen) atoms. The molecule has 0 aliphatic carbocycles. The molecule has 2 aromatic carbocycles. The van der Waals surface area contributed by atoms with E-state index in [9.17, 15) is 22.8 Å².